The van der Waals surface area contributed by atoms with Gasteiger partial charge in [-0.25, -0.2) is 14.2 Å². The maximum absolute atomic E-state index is 13.9. The summed E-state index contributed by atoms with van der Waals surface area (Å²) in [6, 6.07) is 20.5. The van der Waals surface area contributed by atoms with Crippen LogP contribution < -0.4 is 10.1 Å². The molecule has 220 valence electrons. The minimum absolute atomic E-state index is 0.173. The first-order chi connectivity index (χ1) is 20.4. The van der Waals surface area contributed by atoms with E-state index in [0.29, 0.717) is 49.9 Å². The van der Waals surface area contributed by atoms with Crippen molar-refractivity contribution in [2.24, 2.45) is 5.10 Å². The molecular weight excluding hydrogens is 537 g/mol. The van der Waals surface area contributed by atoms with Crippen LogP contribution in [0.2, 0.25) is 0 Å². The molecule has 0 saturated carbocycles. The van der Waals surface area contributed by atoms with Crippen molar-refractivity contribution in [1.29, 1.82) is 0 Å². The fourth-order valence-corrected chi connectivity index (χ4v) is 5.12. The number of carbonyl (C=O) groups excluding carboxylic acids is 2. The van der Waals surface area contributed by atoms with E-state index >= 15 is 0 Å². The van der Waals surface area contributed by atoms with Gasteiger partial charge in [0, 0.05) is 32.6 Å². The summed E-state index contributed by atoms with van der Waals surface area (Å²) in [5, 5.41) is 9.10. The average Bonchev–Trinajstić information content (AvgIpc) is 3.46. The molecule has 10 heteroatoms. The van der Waals surface area contributed by atoms with Gasteiger partial charge in [0.25, 0.3) is 5.91 Å². The maximum atomic E-state index is 13.9. The third-order valence-electron chi connectivity index (χ3n) is 7.56. The highest BCUT2D eigenvalue weighted by Crippen LogP contribution is 2.33. The van der Waals surface area contributed by atoms with E-state index < -0.39 is 6.03 Å². The Morgan fingerprint density at radius 3 is 2.48 bits per heavy atom. The SMILES string of the molecule is COc1ccccc1NC(=O)N(CCN1CCOCC1)CC(=O)N1N=C(c2ccc(F)cc2)CC1c1ccc(C)cc1. The van der Waals surface area contributed by atoms with Crippen molar-refractivity contribution >= 4 is 23.3 Å². The largest absolute Gasteiger partial charge is 0.495 e. The number of morpholine rings is 1. The molecule has 0 bridgehead atoms. The monoisotopic (exact) mass is 573 g/mol. The summed E-state index contributed by atoms with van der Waals surface area (Å²) in [5.74, 6) is -0.120. The molecule has 9 nitrogen and oxygen atoms in total. The van der Waals surface area contributed by atoms with Gasteiger partial charge in [-0.15, -0.1) is 0 Å². The van der Waals surface area contributed by atoms with E-state index in [0.717, 1.165) is 29.8 Å². The number of anilines is 1. The van der Waals surface area contributed by atoms with Gasteiger partial charge in [0.05, 0.1) is 37.8 Å². The zero-order valence-electron chi connectivity index (χ0n) is 24.0. The molecule has 1 saturated heterocycles. The van der Waals surface area contributed by atoms with Crippen molar-refractivity contribution < 1.29 is 23.5 Å². The Hall–Kier alpha value is -4.28. The fourth-order valence-electron chi connectivity index (χ4n) is 5.12. The number of amides is 3. The van der Waals surface area contributed by atoms with Gasteiger partial charge < -0.3 is 19.7 Å². The van der Waals surface area contributed by atoms with Gasteiger partial charge in [-0.3, -0.25) is 9.69 Å². The molecule has 42 heavy (non-hydrogen) atoms. The lowest BCUT2D eigenvalue weighted by atomic mass is 9.97. The van der Waals surface area contributed by atoms with Gasteiger partial charge in [0.2, 0.25) is 0 Å². The normalized spacial score (nSPS) is 17.1. The number of carbonyl (C=O) groups is 2. The van der Waals surface area contributed by atoms with Crippen LogP contribution >= 0.6 is 0 Å². The van der Waals surface area contributed by atoms with Gasteiger partial charge in [0.15, 0.2) is 0 Å². The van der Waals surface area contributed by atoms with E-state index in [-0.39, 0.29) is 24.3 Å². The average molecular weight is 574 g/mol. The van der Waals surface area contributed by atoms with Crippen LogP contribution in [0, 0.1) is 12.7 Å². The number of para-hydroxylation sites is 2. The molecule has 1 N–H and O–H groups in total. The van der Waals surface area contributed by atoms with E-state index in [1.807, 2.05) is 43.3 Å². The Bertz CT molecular complexity index is 1410. The molecule has 2 aliphatic rings. The highest BCUT2D eigenvalue weighted by Gasteiger charge is 2.34. The van der Waals surface area contributed by atoms with Crippen molar-refractivity contribution in [3.05, 3.63) is 95.3 Å². The molecule has 0 radical (unpaired) electrons. The van der Waals surface area contributed by atoms with E-state index in [9.17, 15) is 14.0 Å². The number of aryl methyl sites for hydroxylation is 1. The van der Waals surface area contributed by atoms with Gasteiger partial charge in [-0.05, 0) is 42.3 Å². The fraction of sp³-hybridized carbons (Fsp3) is 0.344. The second kappa shape index (κ2) is 13.6. The standard InChI is InChI=1S/C32H36FN5O4/c1-23-7-9-25(10-8-23)29-21-28(24-11-13-26(33)14-12-24)35-38(29)31(39)22-37(16-15-36-17-19-42-20-18-36)32(40)34-27-5-3-4-6-30(27)41-2/h3-14,29H,15-22H2,1-2H3,(H,34,40). The summed E-state index contributed by atoms with van der Waals surface area (Å²) in [6.45, 7) is 5.58. The smallest absolute Gasteiger partial charge is 0.322 e. The molecule has 5 rings (SSSR count). The van der Waals surface area contributed by atoms with Crippen LogP contribution in [0.4, 0.5) is 14.9 Å². The molecular formula is C32H36FN5O4. The zero-order chi connectivity index (χ0) is 29.5. The van der Waals surface area contributed by atoms with Gasteiger partial charge in [-0.2, -0.15) is 5.10 Å². The maximum Gasteiger partial charge on any atom is 0.322 e. The number of halogens is 1. The summed E-state index contributed by atoms with van der Waals surface area (Å²) in [4.78, 5) is 31.3. The number of hydrogen-bond acceptors (Lipinski definition) is 6. The second-order valence-corrected chi connectivity index (χ2v) is 10.4. The Kier molecular flexibility index (Phi) is 9.45. The summed E-state index contributed by atoms with van der Waals surface area (Å²) >= 11 is 0. The molecule has 2 aliphatic heterocycles. The predicted octanol–water partition coefficient (Wildman–Crippen LogP) is 4.69. The van der Waals surface area contributed by atoms with Gasteiger partial charge >= 0.3 is 6.03 Å². The van der Waals surface area contributed by atoms with E-state index in [1.54, 1.807) is 31.4 Å². The van der Waals surface area contributed by atoms with Crippen molar-refractivity contribution in [1.82, 2.24) is 14.8 Å². The van der Waals surface area contributed by atoms with Crippen molar-refractivity contribution in [2.45, 2.75) is 19.4 Å². The molecule has 3 amide bonds. The third kappa shape index (κ3) is 7.13. The number of urea groups is 1. The summed E-state index contributed by atoms with van der Waals surface area (Å²) in [6.07, 6.45) is 0.474. The lowest BCUT2D eigenvalue weighted by Crippen LogP contribution is -2.47. The minimum atomic E-state index is -0.407. The van der Waals surface area contributed by atoms with Crippen molar-refractivity contribution in [3.8, 4) is 5.75 Å². The van der Waals surface area contributed by atoms with Crippen LogP contribution in [-0.2, 0) is 9.53 Å². The lowest BCUT2D eigenvalue weighted by molar-refractivity contribution is -0.133. The molecule has 1 fully saturated rings. The van der Waals surface area contributed by atoms with Gasteiger partial charge in [0.1, 0.15) is 18.1 Å². The number of methoxy groups -OCH3 is 1. The molecule has 0 spiro atoms. The highest BCUT2D eigenvalue weighted by molar-refractivity contribution is 6.03. The molecule has 1 atom stereocenters. The van der Waals surface area contributed by atoms with E-state index in [4.69, 9.17) is 14.6 Å². The Morgan fingerprint density at radius 2 is 1.76 bits per heavy atom. The summed E-state index contributed by atoms with van der Waals surface area (Å²) in [7, 11) is 1.54. The first kappa shape index (κ1) is 29.2. The van der Waals surface area contributed by atoms with E-state index in [2.05, 4.69) is 10.2 Å². The first-order valence-corrected chi connectivity index (χ1v) is 14.1. The number of ether oxygens (including phenoxy) is 2. The van der Waals surface area contributed by atoms with Crippen LogP contribution in [0.25, 0.3) is 0 Å². The Morgan fingerprint density at radius 1 is 1.05 bits per heavy atom. The molecule has 3 aromatic carbocycles. The Labute approximate surface area is 245 Å². The predicted molar refractivity (Wildman–Crippen MR) is 159 cm³/mol. The zero-order valence-corrected chi connectivity index (χ0v) is 24.0. The van der Waals surface area contributed by atoms with E-state index in [1.165, 1.54) is 22.0 Å². The highest BCUT2D eigenvalue weighted by atomic mass is 19.1. The van der Waals surface area contributed by atoms with Crippen LogP contribution in [0.3, 0.4) is 0 Å². The Balaban J connectivity index is 1.39. The molecule has 2 heterocycles. The third-order valence-corrected chi connectivity index (χ3v) is 7.56. The molecule has 0 aliphatic carbocycles. The number of hydrogen-bond donors (Lipinski definition) is 1. The lowest BCUT2D eigenvalue weighted by Gasteiger charge is -2.31. The van der Waals surface area contributed by atoms with Gasteiger partial charge in [-0.1, -0.05) is 54.1 Å². The molecule has 3 aromatic rings. The number of rotatable bonds is 9. The van der Waals surface area contributed by atoms with Crippen LogP contribution in [0.5, 0.6) is 5.75 Å². The topological polar surface area (TPSA) is 86.7 Å². The van der Waals surface area contributed by atoms with Crippen molar-refractivity contribution in [2.75, 3.05) is 58.4 Å². The number of benzene rings is 3. The quantitative estimate of drug-likeness (QED) is 0.402. The summed E-state index contributed by atoms with van der Waals surface area (Å²) in [5.41, 5.74) is 4.00. The first-order valence-electron chi connectivity index (χ1n) is 14.1. The number of nitrogens with zero attached hydrogens (tertiary/aromatic N) is 4. The molecule has 1 unspecified atom stereocenters. The van der Waals surface area contributed by atoms with Crippen LogP contribution in [-0.4, -0.2) is 85.5 Å². The second-order valence-electron chi connectivity index (χ2n) is 10.4. The minimum Gasteiger partial charge on any atom is -0.495 e. The molecule has 0 aromatic heterocycles. The number of hydrazone groups is 1. The van der Waals surface area contributed by atoms with Crippen molar-refractivity contribution in [3.63, 3.8) is 0 Å². The number of nitrogens with one attached hydrogen (secondary N) is 1. The van der Waals surface area contributed by atoms with Crippen LogP contribution in [0.15, 0.2) is 77.9 Å². The van der Waals surface area contributed by atoms with Crippen LogP contribution in [0.1, 0.15) is 29.2 Å². The summed E-state index contributed by atoms with van der Waals surface area (Å²) < 4.78 is 24.5.